The molecule has 0 atom stereocenters. The van der Waals surface area contributed by atoms with Crippen LogP contribution < -0.4 is 34.1 Å². The zero-order valence-corrected chi connectivity index (χ0v) is 45.7. The first-order valence-corrected chi connectivity index (χ1v) is 24.8. The predicted octanol–water partition coefficient (Wildman–Crippen LogP) is -3.85. The second-order valence-corrected chi connectivity index (χ2v) is 16.4. The number of aromatic nitrogens is 24. The Labute approximate surface area is 488 Å². The second kappa shape index (κ2) is 37.6. The van der Waals surface area contributed by atoms with Crippen LogP contribution in [-0.4, -0.2) is 193 Å². The number of carboxylic acids is 2. The lowest BCUT2D eigenvalue weighted by molar-refractivity contribution is -0.135. The Morgan fingerprint density at radius 1 is 0.299 bits per heavy atom. The van der Waals surface area contributed by atoms with Gasteiger partial charge in [0.2, 0.25) is 0 Å². The summed E-state index contributed by atoms with van der Waals surface area (Å²) in [7, 11) is 4.88. The van der Waals surface area contributed by atoms with Crippen LogP contribution in [-0.2, 0) is 87.0 Å². The topological polar surface area (TPSA) is 496 Å². The molecule has 6 heterocycles. The molecule has 6 rings (SSSR count). The first-order chi connectivity index (χ1) is 40.8. The highest BCUT2D eigenvalue weighted by Crippen LogP contribution is 2.01. The number of tetrazole rings is 6. The summed E-state index contributed by atoms with van der Waals surface area (Å²) in [5.41, 5.74) is -3.06. The Balaban J connectivity index is 0.000000440. The molecule has 6 aromatic rings. The average molecular weight is 1230 g/mol. The Morgan fingerprint density at radius 3 is 0.609 bits per heavy atom. The number of carbonyl (C=O) groups is 6. The van der Waals surface area contributed by atoms with E-state index in [0.717, 1.165) is 108 Å². The van der Waals surface area contributed by atoms with E-state index in [2.05, 4.69) is 81.5 Å². The zero-order valence-electron chi connectivity index (χ0n) is 45.7. The van der Waals surface area contributed by atoms with Crippen LogP contribution >= 0.6 is 0 Å². The van der Waals surface area contributed by atoms with Gasteiger partial charge in [-0.05, 0) is 120 Å². The summed E-state index contributed by atoms with van der Waals surface area (Å²) in [4.78, 5) is 137. The molecule has 472 valence electrons. The minimum absolute atomic E-state index is 0. The molecule has 0 amide bonds. The van der Waals surface area contributed by atoms with Gasteiger partial charge in [-0.25, -0.2) is 57.5 Å². The maximum Gasteiger partial charge on any atom is 0.367 e. The standard InChI is InChI=1S/C15H20N8O6.2C14H18N8O6.2CH4/c1-28-12(24)6-10-22-14(26)20(16-18-22)8-4-3-5-9-21-15(27)23(19-17-21)11-7-13(25)29-2;2*1-28-12(25)6-10-22-14(27)20(16-18-22)8-4-2-3-7-19-13(26)21(17-15-19)9-5-11(23)24;;/h6-7,10-11H,3-5,8-9H2,1-2H3;2*5-6,9-10H,2-4,7-8H2,1H3,(H,23,24);2*1H4/b10-6-,11-7-;9-5+,10-6+;9-5+,10-6-;;. The number of carbonyl (C=O) groups excluding carboxylic acids is 4. The predicted molar refractivity (Wildman–Crippen MR) is 296 cm³/mol. The highest BCUT2D eigenvalue weighted by atomic mass is 16.5. The number of methoxy groups -OCH3 is 4. The lowest BCUT2D eigenvalue weighted by Gasteiger charge is -2.00. The quantitative estimate of drug-likeness (QED) is 0.0189. The summed E-state index contributed by atoms with van der Waals surface area (Å²) in [6.45, 7) is 1.87. The van der Waals surface area contributed by atoms with E-state index in [-0.39, 0.29) is 14.9 Å². The number of rotatable bonds is 30. The normalized spacial score (nSPS) is 11.2. The molecule has 0 saturated carbocycles. The summed E-state index contributed by atoms with van der Waals surface area (Å²) in [5, 5.41) is 60.8. The van der Waals surface area contributed by atoms with Crippen LogP contribution in [0.3, 0.4) is 0 Å². The molecule has 87 heavy (non-hydrogen) atoms. The highest BCUT2D eigenvalue weighted by Gasteiger charge is 2.11. The molecule has 0 aliphatic rings. The third-order valence-corrected chi connectivity index (χ3v) is 10.6. The SMILES string of the molecule is C.C.COC(=O)/C=C/n1nnn(CCCCCn2nnn(/C=C/C(=O)O)c2=O)c1=O.COC(=O)/C=C\n1nnn(CCCCCn2nnn(/C=C/C(=O)O)c2=O)c1=O.COC(=O)/C=C\n1nnn(CCCCCn2nnn(/C=C\C(=O)OC)c2=O)c1=O. The van der Waals surface area contributed by atoms with Gasteiger partial charge in [-0.2, -0.15) is 56.2 Å². The fourth-order valence-electron chi connectivity index (χ4n) is 6.29. The fourth-order valence-corrected chi connectivity index (χ4v) is 6.29. The summed E-state index contributed by atoms with van der Waals surface area (Å²) < 4.78 is 29.9. The number of esters is 4. The molecular formula is C45H64N24O18. The summed E-state index contributed by atoms with van der Waals surface area (Å²) in [6.07, 6.45) is 18.1. The molecule has 0 bridgehead atoms. The molecule has 0 aliphatic carbocycles. The van der Waals surface area contributed by atoms with Gasteiger partial charge in [-0.15, -0.1) is 0 Å². The van der Waals surface area contributed by atoms with Crippen molar-refractivity contribution >= 4 is 73.0 Å². The van der Waals surface area contributed by atoms with Crippen LogP contribution in [0.5, 0.6) is 0 Å². The van der Waals surface area contributed by atoms with Crippen molar-refractivity contribution in [2.45, 2.75) is 112 Å². The Kier molecular flexibility index (Phi) is 30.9. The van der Waals surface area contributed by atoms with Crippen LogP contribution in [0.2, 0.25) is 0 Å². The van der Waals surface area contributed by atoms with E-state index in [0.29, 0.717) is 97.1 Å². The van der Waals surface area contributed by atoms with Gasteiger partial charge < -0.3 is 29.2 Å². The highest BCUT2D eigenvalue weighted by molar-refractivity contribution is 5.86. The van der Waals surface area contributed by atoms with Crippen molar-refractivity contribution in [3.8, 4) is 0 Å². The largest absolute Gasteiger partial charge is 0.478 e. The van der Waals surface area contributed by atoms with E-state index in [1.165, 1.54) is 50.2 Å². The van der Waals surface area contributed by atoms with E-state index in [1.807, 2.05) is 0 Å². The number of hydrogen-bond donors (Lipinski definition) is 2. The minimum Gasteiger partial charge on any atom is -0.478 e. The second-order valence-electron chi connectivity index (χ2n) is 16.4. The van der Waals surface area contributed by atoms with Crippen molar-refractivity contribution in [2.24, 2.45) is 0 Å². The molecule has 6 aromatic heterocycles. The first kappa shape index (κ1) is 71.6. The molecule has 0 aliphatic heterocycles. The summed E-state index contributed by atoms with van der Waals surface area (Å²) >= 11 is 0. The third kappa shape index (κ3) is 23.7. The number of carboxylic acid groups (broad SMARTS) is 2. The van der Waals surface area contributed by atoms with Gasteiger partial charge in [0, 0.05) is 113 Å². The van der Waals surface area contributed by atoms with Crippen LogP contribution in [0.4, 0.5) is 0 Å². The lowest BCUT2D eigenvalue weighted by Crippen LogP contribution is -2.24. The molecule has 0 radical (unpaired) electrons. The summed E-state index contributed by atoms with van der Waals surface area (Å²) in [5.74, 6) is -4.86. The Morgan fingerprint density at radius 2 is 0.460 bits per heavy atom. The molecule has 0 spiro atoms. The van der Waals surface area contributed by atoms with Gasteiger partial charge in [0.15, 0.2) is 0 Å². The summed E-state index contributed by atoms with van der Waals surface area (Å²) in [6, 6.07) is 0. The van der Waals surface area contributed by atoms with Crippen LogP contribution in [0.15, 0.2) is 65.2 Å². The van der Waals surface area contributed by atoms with Crippen LogP contribution in [0.25, 0.3) is 37.2 Å². The molecule has 0 saturated heterocycles. The van der Waals surface area contributed by atoms with Gasteiger partial charge in [0.25, 0.3) is 0 Å². The van der Waals surface area contributed by atoms with Crippen molar-refractivity contribution < 1.29 is 57.9 Å². The molecule has 42 nitrogen and oxygen atoms in total. The lowest BCUT2D eigenvalue weighted by atomic mass is 10.2. The number of unbranched alkanes of at least 4 members (excludes halogenated alkanes) is 6. The van der Waals surface area contributed by atoms with Gasteiger partial charge in [-0.1, -0.05) is 14.9 Å². The number of aryl methyl sites for hydroxylation is 6. The average Bonchev–Trinajstić information content (AvgIpc) is 4.59. The fraction of sp³-hybridized carbons (Fsp3) is 0.467. The van der Waals surface area contributed by atoms with Crippen LogP contribution in [0.1, 0.15) is 72.6 Å². The first-order valence-electron chi connectivity index (χ1n) is 24.8. The molecule has 2 N–H and O–H groups in total. The van der Waals surface area contributed by atoms with Crippen molar-refractivity contribution in [3.63, 3.8) is 0 Å². The number of aliphatic carboxylic acids is 2. The van der Waals surface area contributed by atoms with E-state index < -0.39 is 70.0 Å². The van der Waals surface area contributed by atoms with E-state index in [4.69, 9.17) is 10.2 Å². The number of hydrogen-bond acceptors (Lipinski definition) is 28. The van der Waals surface area contributed by atoms with Crippen LogP contribution in [0, 0.1) is 0 Å². The Hall–Kier alpha value is -11.5. The van der Waals surface area contributed by atoms with Crippen molar-refractivity contribution in [2.75, 3.05) is 28.4 Å². The molecular weight excluding hydrogens is 1160 g/mol. The van der Waals surface area contributed by atoms with Crippen molar-refractivity contribution in [3.05, 3.63) is 99.4 Å². The van der Waals surface area contributed by atoms with Crippen molar-refractivity contribution in [1.82, 2.24) is 119 Å². The monoisotopic (exact) mass is 1230 g/mol. The van der Waals surface area contributed by atoms with E-state index >= 15 is 0 Å². The Bertz CT molecular complexity index is 3530. The van der Waals surface area contributed by atoms with Gasteiger partial charge >= 0.3 is 70.0 Å². The maximum atomic E-state index is 12.0. The minimum atomic E-state index is -1.20. The smallest absolute Gasteiger partial charge is 0.367 e. The number of ether oxygens (including phenoxy) is 4. The molecule has 0 unspecified atom stereocenters. The third-order valence-electron chi connectivity index (χ3n) is 10.6. The molecule has 0 fully saturated rings. The maximum absolute atomic E-state index is 12.0. The van der Waals surface area contributed by atoms with Gasteiger partial charge in [-0.3, -0.25) is 0 Å². The van der Waals surface area contributed by atoms with Gasteiger partial charge in [0.05, 0.1) is 28.4 Å². The molecule has 0 aromatic carbocycles. The zero-order chi connectivity index (χ0) is 62.3. The van der Waals surface area contributed by atoms with Gasteiger partial charge in [0.1, 0.15) is 0 Å². The number of nitrogens with zero attached hydrogens (tertiary/aromatic N) is 24. The molecule has 42 heteroatoms. The van der Waals surface area contributed by atoms with Crippen molar-refractivity contribution in [1.29, 1.82) is 0 Å². The van der Waals surface area contributed by atoms with E-state index in [9.17, 15) is 57.5 Å². The van der Waals surface area contributed by atoms with E-state index in [1.54, 1.807) is 0 Å².